The zero-order valence-electron chi connectivity index (χ0n) is 9.90. The average Bonchev–Trinajstić information content (AvgIpc) is 2.74. The number of nitrogens with zero attached hydrogens (tertiary/aromatic N) is 1. The fourth-order valence-electron chi connectivity index (χ4n) is 2.13. The lowest BCUT2D eigenvalue weighted by Gasteiger charge is -2.05. The third kappa shape index (κ3) is 2.89. The van der Waals surface area contributed by atoms with Gasteiger partial charge in [0.15, 0.2) is 0 Å². The van der Waals surface area contributed by atoms with Gasteiger partial charge in [-0.2, -0.15) is 0 Å². The van der Waals surface area contributed by atoms with Crippen molar-refractivity contribution in [2.75, 3.05) is 0 Å². The van der Waals surface area contributed by atoms with E-state index in [1.165, 1.54) is 6.07 Å². The Labute approximate surface area is 101 Å². The highest BCUT2D eigenvalue weighted by atomic mass is 19.1. The molecule has 0 aliphatic rings. The van der Waals surface area contributed by atoms with Gasteiger partial charge in [0.1, 0.15) is 5.82 Å². The Kier molecular flexibility index (Phi) is 4.21. The Morgan fingerprint density at radius 2 is 2.06 bits per heavy atom. The van der Waals surface area contributed by atoms with Gasteiger partial charge < -0.3 is 9.59 Å². The van der Waals surface area contributed by atoms with Crippen LogP contribution >= 0.6 is 0 Å². The topological polar surface area (TPSA) is 25.2 Å². The second kappa shape index (κ2) is 5.87. The van der Waals surface area contributed by atoms with Crippen LogP contribution in [0.4, 0.5) is 4.39 Å². The van der Waals surface area contributed by atoms with Crippen LogP contribution in [0.15, 0.2) is 30.5 Å². The average molecular weight is 233 g/mol. The third-order valence-electron chi connectivity index (χ3n) is 3.07. The summed E-state index contributed by atoms with van der Waals surface area (Å²) in [6.45, 7) is 0.915. The molecule has 0 spiro atoms. The maximum absolute atomic E-state index is 13.4. The van der Waals surface area contributed by atoms with Crippen LogP contribution in [0, 0.1) is 5.82 Å². The van der Waals surface area contributed by atoms with Gasteiger partial charge in [-0.15, -0.1) is 0 Å². The lowest BCUT2D eigenvalue weighted by Crippen LogP contribution is -1.96. The molecule has 0 saturated carbocycles. The second-order valence-corrected chi connectivity index (χ2v) is 4.32. The molecule has 0 fully saturated rings. The summed E-state index contributed by atoms with van der Waals surface area (Å²) in [6, 6.07) is 7.03. The van der Waals surface area contributed by atoms with Crippen molar-refractivity contribution < 1.29 is 9.41 Å². The van der Waals surface area contributed by atoms with Gasteiger partial charge in [0.2, 0.25) is 0 Å². The van der Waals surface area contributed by atoms with Crippen LogP contribution < -0.4 is 0 Å². The summed E-state index contributed by atoms with van der Waals surface area (Å²) in [5.41, 5.74) is 0.965. The zero-order valence-corrected chi connectivity index (χ0v) is 9.90. The summed E-state index contributed by atoms with van der Waals surface area (Å²) in [5.74, 6) is -0.151. The van der Waals surface area contributed by atoms with Gasteiger partial charge in [-0.3, -0.25) is 0 Å². The summed E-state index contributed by atoms with van der Waals surface area (Å²) >= 11 is 0. The molecule has 1 heterocycles. The van der Waals surface area contributed by atoms with E-state index < -0.39 is 0 Å². The van der Waals surface area contributed by atoms with E-state index in [-0.39, 0.29) is 13.3 Å². The molecule has 0 amide bonds. The molecule has 0 radical (unpaired) electrons. The number of benzene rings is 1. The molecule has 0 aliphatic heterocycles. The summed E-state index contributed by atoms with van der Waals surface area (Å²) in [6.07, 6.45) is 6.06. The number of fused-ring (bicyclic) bond motifs is 1. The van der Waals surface area contributed by atoms with Gasteiger partial charge in [-0.1, -0.05) is 25.2 Å². The number of aryl methyl sites for hydroxylation is 1. The maximum Gasteiger partial charge on any atom is 0.270 e. The van der Waals surface area contributed by atoms with Crippen LogP contribution in [-0.2, 0) is 6.54 Å². The quantitative estimate of drug-likeness (QED) is 0.602. The smallest absolute Gasteiger partial charge is 0.270 e. The number of aromatic nitrogens is 1. The first-order valence-electron chi connectivity index (χ1n) is 6.17. The first-order valence-corrected chi connectivity index (χ1v) is 6.17. The van der Waals surface area contributed by atoms with Crippen molar-refractivity contribution in [3.05, 3.63) is 36.3 Å². The molecule has 4 heteroatoms. The Morgan fingerprint density at radius 3 is 2.88 bits per heavy atom. The van der Waals surface area contributed by atoms with E-state index in [0.717, 1.165) is 37.6 Å². The lowest BCUT2D eigenvalue weighted by atomic mass is 9.92. The molecule has 90 valence electrons. The van der Waals surface area contributed by atoms with Gasteiger partial charge in [0.25, 0.3) is 7.48 Å². The number of unbranched alkanes of at least 4 members (excludes halogenated alkanes) is 2. The van der Waals surface area contributed by atoms with Gasteiger partial charge in [-0.05, 0) is 24.6 Å². The number of halogens is 1. The van der Waals surface area contributed by atoms with Crippen molar-refractivity contribution in [1.82, 2.24) is 4.57 Å². The highest BCUT2D eigenvalue weighted by Crippen LogP contribution is 2.19. The van der Waals surface area contributed by atoms with Crippen molar-refractivity contribution in [3.63, 3.8) is 0 Å². The largest absolute Gasteiger partial charge is 0.454 e. The van der Waals surface area contributed by atoms with E-state index in [4.69, 9.17) is 5.02 Å². The van der Waals surface area contributed by atoms with Crippen molar-refractivity contribution in [3.8, 4) is 0 Å². The van der Waals surface area contributed by atoms with Crippen molar-refractivity contribution in [1.29, 1.82) is 0 Å². The van der Waals surface area contributed by atoms with Crippen LogP contribution in [0.3, 0.4) is 0 Å². The Hall–Kier alpha value is -1.29. The van der Waals surface area contributed by atoms with Crippen molar-refractivity contribution >= 4 is 18.4 Å². The molecule has 1 aromatic carbocycles. The minimum absolute atomic E-state index is 0.151. The zero-order chi connectivity index (χ0) is 12.1. The van der Waals surface area contributed by atoms with E-state index in [0.29, 0.717) is 5.39 Å². The number of hydrogen-bond donors (Lipinski definition) is 1. The molecular formula is C13H17BFNO. The fraction of sp³-hybridized carbons (Fsp3) is 0.385. The highest BCUT2D eigenvalue weighted by Gasteiger charge is 2.04. The highest BCUT2D eigenvalue weighted by molar-refractivity contribution is 6.25. The van der Waals surface area contributed by atoms with Gasteiger partial charge in [0, 0.05) is 18.1 Å². The predicted molar refractivity (Wildman–Crippen MR) is 69.9 cm³/mol. The van der Waals surface area contributed by atoms with Crippen LogP contribution in [0.25, 0.3) is 10.9 Å². The summed E-state index contributed by atoms with van der Waals surface area (Å²) in [4.78, 5) is 0. The van der Waals surface area contributed by atoms with Gasteiger partial charge >= 0.3 is 0 Å². The monoisotopic (exact) mass is 233 g/mol. The third-order valence-corrected chi connectivity index (χ3v) is 3.07. The van der Waals surface area contributed by atoms with Crippen LogP contribution in [0.5, 0.6) is 0 Å². The molecule has 0 saturated heterocycles. The first-order chi connectivity index (χ1) is 8.33. The first kappa shape index (κ1) is 12.2. The summed E-state index contributed by atoms with van der Waals surface area (Å²) in [5, 5.41) is 9.37. The van der Waals surface area contributed by atoms with E-state index >= 15 is 0 Å². The second-order valence-electron chi connectivity index (χ2n) is 4.32. The van der Waals surface area contributed by atoms with E-state index in [9.17, 15) is 4.39 Å². The number of rotatable bonds is 6. The molecule has 0 aliphatic carbocycles. The molecule has 0 atom stereocenters. The Balaban J connectivity index is 1.97. The van der Waals surface area contributed by atoms with Crippen LogP contribution in [0.1, 0.15) is 19.3 Å². The maximum atomic E-state index is 13.4. The van der Waals surface area contributed by atoms with Gasteiger partial charge in [0.05, 0.1) is 5.52 Å². The molecule has 2 aromatic rings. The molecule has 0 unspecified atom stereocenters. The standard InChI is InChI=1S/C13H17BFNO/c15-12-5-4-6-13-11(12)7-10-16(13)9-3-1-2-8-14-17/h4-7,10,14,17H,1-3,8-9H2. The van der Waals surface area contributed by atoms with E-state index in [1.807, 2.05) is 18.3 Å². The SMILES string of the molecule is OBCCCCCn1ccc2c(F)cccc21. The molecular weight excluding hydrogens is 216 g/mol. The Morgan fingerprint density at radius 1 is 1.18 bits per heavy atom. The summed E-state index contributed by atoms with van der Waals surface area (Å²) in [7, 11) is 0.275. The summed E-state index contributed by atoms with van der Waals surface area (Å²) < 4.78 is 15.5. The number of hydrogen-bond acceptors (Lipinski definition) is 1. The van der Waals surface area contributed by atoms with Crippen molar-refractivity contribution in [2.24, 2.45) is 0 Å². The van der Waals surface area contributed by atoms with Crippen LogP contribution in [0.2, 0.25) is 6.32 Å². The van der Waals surface area contributed by atoms with Crippen LogP contribution in [-0.4, -0.2) is 17.1 Å². The van der Waals surface area contributed by atoms with Crippen molar-refractivity contribution in [2.45, 2.75) is 32.1 Å². The fourth-order valence-corrected chi connectivity index (χ4v) is 2.13. The van der Waals surface area contributed by atoms with E-state index in [2.05, 4.69) is 4.57 Å². The molecule has 0 bridgehead atoms. The minimum Gasteiger partial charge on any atom is -0.454 e. The van der Waals surface area contributed by atoms with Gasteiger partial charge in [-0.25, -0.2) is 4.39 Å². The minimum atomic E-state index is -0.151. The molecule has 17 heavy (non-hydrogen) atoms. The Bertz CT molecular complexity index is 483. The molecule has 2 rings (SSSR count). The lowest BCUT2D eigenvalue weighted by molar-refractivity contribution is 0.578. The van der Waals surface area contributed by atoms with E-state index in [1.54, 1.807) is 6.07 Å². The normalized spacial score (nSPS) is 10.9. The molecule has 1 N–H and O–H groups in total. The molecule has 2 nitrogen and oxygen atoms in total. The predicted octanol–water partition coefficient (Wildman–Crippen LogP) is 2.71. The molecule has 1 aromatic heterocycles.